The van der Waals surface area contributed by atoms with Crippen LogP contribution in [0.3, 0.4) is 0 Å². The van der Waals surface area contributed by atoms with Gasteiger partial charge in [0.15, 0.2) is 6.23 Å². The maximum atomic E-state index is 13.2. The summed E-state index contributed by atoms with van der Waals surface area (Å²) in [5.74, 6) is -2.85. The Hall–Kier alpha value is -4.85. The molecule has 13 nitrogen and oxygen atoms in total. The first-order valence-electron chi connectivity index (χ1n) is 15.4. The number of aliphatic hydroxyl groups is 2. The summed E-state index contributed by atoms with van der Waals surface area (Å²) in [6, 6.07) is 16.0. The quantitative estimate of drug-likeness (QED) is 0.185. The van der Waals surface area contributed by atoms with Crippen molar-refractivity contribution in [2.75, 3.05) is 18.9 Å². The van der Waals surface area contributed by atoms with Crippen LogP contribution >= 0.6 is 0 Å². The van der Waals surface area contributed by atoms with Crippen LogP contribution in [0.4, 0.5) is 5.82 Å². The summed E-state index contributed by atoms with van der Waals surface area (Å²) in [6.45, 7) is 4.93. The lowest BCUT2D eigenvalue weighted by molar-refractivity contribution is -0.161. The van der Waals surface area contributed by atoms with E-state index in [1.165, 1.54) is 10.8 Å². The number of fused-ring (bicyclic) bond motifs is 4. The van der Waals surface area contributed by atoms with E-state index < -0.39 is 54.9 Å². The normalized spacial score (nSPS) is 21.1. The second kappa shape index (κ2) is 12.7. The second-order valence-corrected chi connectivity index (χ2v) is 12.3. The van der Waals surface area contributed by atoms with Gasteiger partial charge in [0.25, 0.3) is 5.91 Å². The molecule has 6 rings (SSSR count). The van der Waals surface area contributed by atoms with Crippen molar-refractivity contribution in [1.82, 2.24) is 14.5 Å². The Morgan fingerprint density at radius 2 is 1.60 bits per heavy atom. The van der Waals surface area contributed by atoms with Crippen molar-refractivity contribution in [3.05, 3.63) is 77.2 Å². The van der Waals surface area contributed by atoms with Gasteiger partial charge in [-0.2, -0.15) is 0 Å². The van der Waals surface area contributed by atoms with Crippen LogP contribution < -0.4 is 11.5 Å². The fraction of sp³-hybridized carbons (Fsp3) is 0.382. The largest absolute Gasteiger partial charge is 0.465 e. The molecule has 47 heavy (non-hydrogen) atoms. The molecule has 1 aliphatic heterocycles. The van der Waals surface area contributed by atoms with E-state index in [0.29, 0.717) is 5.82 Å². The van der Waals surface area contributed by atoms with Crippen LogP contribution in [0.1, 0.15) is 59.7 Å². The number of carbonyl (C=O) groups excluding carboxylic acids is 3. The minimum absolute atomic E-state index is 0.0191. The van der Waals surface area contributed by atoms with Crippen LogP contribution in [-0.4, -0.2) is 74.1 Å². The van der Waals surface area contributed by atoms with Crippen molar-refractivity contribution in [3.8, 4) is 11.1 Å². The van der Waals surface area contributed by atoms with Crippen LogP contribution in [-0.2, 0) is 23.8 Å². The first-order chi connectivity index (χ1) is 22.5. The number of amides is 1. The Bertz CT molecular complexity index is 1810. The van der Waals surface area contributed by atoms with Crippen molar-refractivity contribution < 1.29 is 38.8 Å². The molecular weight excluding hydrogens is 606 g/mol. The Kier molecular flexibility index (Phi) is 8.70. The average Bonchev–Trinajstić information content (AvgIpc) is 3.67. The van der Waals surface area contributed by atoms with Gasteiger partial charge in [0.05, 0.1) is 23.3 Å². The molecule has 4 aromatic rings. The van der Waals surface area contributed by atoms with Gasteiger partial charge in [-0.3, -0.25) is 14.4 Å². The minimum Gasteiger partial charge on any atom is -0.465 e. The molecule has 0 saturated carbocycles. The fourth-order valence-corrected chi connectivity index (χ4v) is 6.48. The molecule has 0 radical (unpaired) electrons. The SMILES string of the molecule is Cc1nc(N)c2c(C(N)=O)cn([C@@H]3O[C@H](COC(=O)[C@@H](CC(=O)OCC4c5ccccc5-c5ccccc54)C(C)C)[C@@H](O)[C@H]3O)c2n1. The molecule has 13 heteroatoms. The smallest absolute Gasteiger partial charge is 0.309 e. The molecule has 3 heterocycles. The molecule has 1 amide bonds. The van der Waals surface area contributed by atoms with Gasteiger partial charge >= 0.3 is 11.9 Å². The molecule has 2 aromatic carbocycles. The molecule has 6 N–H and O–H groups in total. The summed E-state index contributed by atoms with van der Waals surface area (Å²) < 4.78 is 18.5. The molecule has 1 saturated heterocycles. The van der Waals surface area contributed by atoms with E-state index in [0.717, 1.165) is 22.3 Å². The van der Waals surface area contributed by atoms with E-state index in [9.17, 15) is 24.6 Å². The molecule has 1 fully saturated rings. The number of aryl methyl sites for hydroxylation is 1. The third-order valence-electron chi connectivity index (χ3n) is 8.95. The fourth-order valence-electron chi connectivity index (χ4n) is 6.48. The highest BCUT2D eigenvalue weighted by molar-refractivity contribution is 6.09. The van der Waals surface area contributed by atoms with Crippen molar-refractivity contribution in [2.45, 2.75) is 57.6 Å². The number of rotatable bonds is 10. The number of nitrogens with two attached hydrogens (primary N) is 2. The van der Waals surface area contributed by atoms with Gasteiger partial charge in [-0.05, 0) is 35.1 Å². The Morgan fingerprint density at radius 3 is 2.21 bits per heavy atom. The molecule has 0 unspecified atom stereocenters. The molecule has 246 valence electrons. The third kappa shape index (κ3) is 5.93. The first kappa shape index (κ1) is 32.1. The average molecular weight is 644 g/mol. The van der Waals surface area contributed by atoms with Gasteiger partial charge in [0.2, 0.25) is 0 Å². The lowest BCUT2D eigenvalue weighted by Crippen LogP contribution is -2.36. The number of esters is 2. The molecule has 0 spiro atoms. The van der Waals surface area contributed by atoms with Crippen molar-refractivity contribution in [1.29, 1.82) is 0 Å². The lowest BCUT2D eigenvalue weighted by atomic mass is 9.92. The number of nitrogen functional groups attached to an aromatic ring is 1. The number of hydrogen-bond acceptors (Lipinski definition) is 11. The zero-order valence-electron chi connectivity index (χ0n) is 26.2. The number of aliphatic hydroxyl groups excluding tert-OH is 2. The maximum absolute atomic E-state index is 13.2. The Labute approximate surface area is 270 Å². The standard InChI is InChI=1S/C34H37N5O8/c1-16(2)22(12-26(40)45-14-24-20-10-6-4-8-18(20)19-9-5-7-11-21(19)24)34(44)46-15-25-28(41)29(42)33(47-25)39-13-23(31(36)43)27-30(35)37-17(3)38-32(27)39/h4-11,13,16,22,24-25,28-29,33,41-42H,12,14-15H2,1-3H3,(H2,36,43)(H2,35,37,38)/t22-,25+,28+,29+,33+/m0/s1. The van der Waals surface area contributed by atoms with Crippen molar-refractivity contribution in [2.24, 2.45) is 17.6 Å². The Morgan fingerprint density at radius 1 is 0.957 bits per heavy atom. The van der Waals surface area contributed by atoms with Crippen molar-refractivity contribution >= 4 is 34.7 Å². The number of aromatic nitrogens is 3. The Balaban J connectivity index is 1.10. The molecule has 2 aliphatic rings. The summed E-state index contributed by atoms with van der Waals surface area (Å²) in [4.78, 5) is 46.8. The van der Waals surface area contributed by atoms with Crippen LogP contribution in [0.5, 0.6) is 0 Å². The summed E-state index contributed by atoms with van der Waals surface area (Å²) >= 11 is 0. The van der Waals surface area contributed by atoms with Gasteiger partial charge in [0, 0.05) is 12.1 Å². The highest BCUT2D eigenvalue weighted by atomic mass is 16.6. The summed E-state index contributed by atoms with van der Waals surface area (Å²) in [5.41, 5.74) is 16.2. The highest BCUT2D eigenvalue weighted by Gasteiger charge is 2.45. The topological polar surface area (TPSA) is 202 Å². The number of anilines is 1. The summed E-state index contributed by atoms with van der Waals surface area (Å²) in [5, 5.41) is 21.9. The van der Waals surface area contributed by atoms with E-state index >= 15 is 0 Å². The number of carbonyl (C=O) groups is 3. The van der Waals surface area contributed by atoms with Gasteiger partial charge in [-0.1, -0.05) is 62.4 Å². The van der Waals surface area contributed by atoms with Gasteiger partial charge in [-0.15, -0.1) is 0 Å². The number of benzene rings is 2. The van der Waals surface area contributed by atoms with Crippen LogP contribution in [0.15, 0.2) is 54.7 Å². The van der Waals surface area contributed by atoms with Crippen molar-refractivity contribution in [3.63, 3.8) is 0 Å². The van der Waals surface area contributed by atoms with Crippen LogP contribution in [0, 0.1) is 18.8 Å². The monoisotopic (exact) mass is 643 g/mol. The summed E-state index contributed by atoms with van der Waals surface area (Å²) in [6.07, 6.45) is -4.14. The van der Waals surface area contributed by atoms with E-state index in [1.807, 2.05) is 36.4 Å². The van der Waals surface area contributed by atoms with E-state index in [-0.39, 0.29) is 47.3 Å². The number of nitrogens with zero attached hydrogens (tertiary/aromatic N) is 3. The predicted octanol–water partition coefficient (Wildman–Crippen LogP) is 2.60. The lowest BCUT2D eigenvalue weighted by Gasteiger charge is -2.21. The first-order valence-corrected chi connectivity index (χ1v) is 15.4. The van der Waals surface area contributed by atoms with E-state index in [2.05, 4.69) is 22.1 Å². The van der Waals surface area contributed by atoms with Crippen LogP contribution in [0.2, 0.25) is 0 Å². The maximum Gasteiger partial charge on any atom is 0.309 e. The van der Waals surface area contributed by atoms with E-state index in [1.54, 1.807) is 20.8 Å². The molecule has 5 atom stereocenters. The van der Waals surface area contributed by atoms with Crippen LogP contribution in [0.25, 0.3) is 22.2 Å². The second-order valence-electron chi connectivity index (χ2n) is 12.3. The molecule has 0 bridgehead atoms. The number of primary amides is 1. The van der Waals surface area contributed by atoms with E-state index in [4.69, 9.17) is 25.7 Å². The number of ether oxygens (including phenoxy) is 3. The van der Waals surface area contributed by atoms with Gasteiger partial charge in [0.1, 0.15) is 48.8 Å². The summed E-state index contributed by atoms with van der Waals surface area (Å²) in [7, 11) is 0. The zero-order valence-corrected chi connectivity index (χ0v) is 26.2. The van der Waals surface area contributed by atoms with Gasteiger partial charge in [-0.25, -0.2) is 9.97 Å². The third-order valence-corrected chi connectivity index (χ3v) is 8.95. The molecular formula is C34H37N5O8. The number of hydrogen-bond donors (Lipinski definition) is 4. The molecule has 1 aliphatic carbocycles. The van der Waals surface area contributed by atoms with Gasteiger partial charge < -0.3 is 40.5 Å². The zero-order chi connectivity index (χ0) is 33.6. The molecule has 2 aromatic heterocycles. The predicted molar refractivity (Wildman–Crippen MR) is 170 cm³/mol. The minimum atomic E-state index is -1.48. The highest BCUT2D eigenvalue weighted by Crippen LogP contribution is 2.44.